The molecule has 0 aliphatic carbocycles. The van der Waals surface area contributed by atoms with Crippen LogP contribution in [0.25, 0.3) is 0 Å². The fraction of sp³-hybridized carbons (Fsp3) is 0.533. The van der Waals surface area contributed by atoms with Gasteiger partial charge in [0.2, 0.25) is 0 Å². The third kappa shape index (κ3) is 2.96. The minimum atomic E-state index is -0.289. The lowest BCUT2D eigenvalue weighted by molar-refractivity contribution is -0.150. The van der Waals surface area contributed by atoms with Gasteiger partial charge < -0.3 is 15.2 Å². The molecule has 19 heavy (non-hydrogen) atoms. The summed E-state index contributed by atoms with van der Waals surface area (Å²) < 4.78 is 5.53. The fourth-order valence-corrected chi connectivity index (χ4v) is 3.11. The number of piperidine rings is 1. The van der Waals surface area contributed by atoms with E-state index in [1.54, 1.807) is 0 Å². The van der Waals surface area contributed by atoms with Gasteiger partial charge in [0, 0.05) is 18.5 Å². The highest BCUT2D eigenvalue weighted by molar-refractivity contribution is 5.72. The molecule has 0 radical (unpaired) electrons. The predicted molar refractivity (Wildman–Crippen MR) is 70.6 cm³/mol. The minimum Gasteiger partial charge on any atom is -0.462 e. The normalized spacial score (nSPS) is 33.1. The number of carbonyl (C=O) groups is 1. The van der Waals surface area contributed by atoms with E-state index < -0.39 is 0 Å². The minimum absolute atomic E-state index is 0.0513. The average molecular weight is 261 g/mol. The first-order valence-corrected chi connectivity index (χ1v) is 6.88. The summed E-state index contributed by atoms with van der Waals surface area (Å²) in [5, 5.41) is 13.1. The molecule has 1 aromatic rings. The number of aliphatic hydroxyl groups excluding tert-OH is 1. The standard InChI is InChI=1S/C15H19NO3/c17-14-8-11-7-12(9-13(14)16-11)19-15(18)6-10-4-2-1-3-5-10/h1-5,11-14,16-17H,6-9H2/t11-,12-,13+,14-/m1/s1. The molecule has 0 saturated carbocycles. The molecule has 4 atom stereocenters. The number of hydrogen-bond acceptors (Lipinski definition) is 4. The van der Waals surface area contributed by atoms with Crippen molar-refractivity contribution in [1.29, 1.82) is 0 Å². The Morgan fingerprint density at radius 3 is 2.79 bits per heavy atom. The molecule has 2 saturated heterocycles. The van der Waals surface area contributed by atoms with Crippen LogP contribution in [0.2, 0.25) is 0 Å². The van der Waals surface area contributed by atoms with E-state index in [1.807, 2.05) is 30.3 Å². The van der Waals surface area contributed by atoms with Crippen LogP contribution in [-0.2, 0) is 16.0 Å². The van der Waals surface area contributed by atoms with E-state index >= 15 is 0 Å². The number of carbonyl (C=O) groups excluding carboxylic acids is 1. The Bertz CT molecular complexity index is 446. The smallest absolute Gasteiger partial charge is 0.310 e. The van der Waals surface area contributed by atoms with Gasteiger partial charge in [-0.3, -0.25) is 4.79 Å². The van der Waals surface area contributed by atoms with Crippen LogP contribution >= 0.6 is 0 Å². The van der Waals surface area contributed by atoms with Crippen LogP contribution in [0.1, 0.15) is 24.8 Å². The first-order chi connectivity index (χ1) is 9.20. The van der Waals surface area contributed by atoms with Crippen molar-refractivity contribution in [3.05, 3.63) is 35.9 Å². The highest BCUT2D eigenvalue weighted by Crippen LogP contribution is 2.29. The topological polar surface area (TPSA) is 58.6 Å². The van der Waals surface area contributed by atoms with E-state index in [4.69, 9.17) is 4.74 Å². The van der Waals surface area contributed by atoms with Gasteiger partial charge in [-0.25, -0.2) is 0 Å². The van der Waals surface area contributed by atoms with Crippen LogP contribution in [0.4, 0.5) is 0 Å². The van der Waals surface area contributed by atoms with E-state index in [2.05, 4.69) is 5.32 Å². The van der Waals surface area contributed by atoms with E-state index in [-0.39, 0.29) is 24.2 Å². The van der Waals surface area contributed by atoms with Crippen LogP contribution in [0.3, 0.4) is 0 Å². The second-order valence-electron chi connectivity index (χ2n) is 5.52. The summed E-state index contributed by atoms with van der Waals surface area (Å²) >= 11 is 0. The Morgan fingerprint density at radius 2 is 2.05 bits per heavy atom. The number of hydrogen-bond donors (Lipinski definition) is 2. The van der Waals surface area contributed by atoms with E-state index in [1.165, 1.54) is 0 Å². The maximum atomic E-state index is 11.9. The lowest BCUT2D eigenvalue weighted by Gasteiger charge is -2.29. The van der Waals surface area contributed by atoms with Gasteiger partial charge in [0.25, 0.3) is 0 Å². The largest absolute Gasteiger partial charge is 0.462 e. The quantitative estimate of drug-likeness (QED) is 0.798. The zero-order valence-corrected chi connectivity index (χ0v) is 10.8. The van der Waals surface area contributed by atoms with Crippen molar-refractivity contribution in [2.75, 3.05) is 0 Å². The number of nitrogens with one attached hydrogen (secondary N) is 1. The first kappa shape index (κ1) is 12.6. The third-order valence-corrected chi connectivity index (χ3v) is 3.99. The number of ether oxygens (including phenoxy) is 1. The summed E-state index contributed by atoms with van der Waals surface area (Å²) in [6, 6.07) is 10.0. The Morgan fingerprint density at radius 1 is 1.26 bits per heavy atom. The molecular weight excluding hydrogens is 242 g/mol. The SMILES string of the molecule is O=C(Cc1ccccc1)O[C@@H]1C[C@@H]2C[C@@H](O)[C@H](C1)N2. The number of esters is 1. The van der Waals surface area contributed by atoms with Crippen LogP contribution < -0.4 is 5.32 Å². The first-order valence-electron chi connectivity index (χ1n) is 6.88. The molecule has 0 amide bonds. The molecule has 2 aliphatic rings. The van der Waals surface area contributed by atoms with Gasteiger partial charge in [-0.2, -0.15) is 0 Å². The molecule has 0 aromatic heterocycles. The van der Waals surface area contributed by atoms with Gasteiger partial charge in [-0.05, 0) is 18.4 Å². The van der Waals surface area contributed by atoms with E-state index in [0.717, 1.165) is 24.8 Å². The van der Waals surface area contributed by atoms with Crippen molar-refractivity contribution < 1.29 is 14.6 Å². The maximum Gasteiger partial charge on any atom is 0.310 e. The van der Waals surface area contributed by atoms with Crippen molar-refractivity contribution in [3.8, 4) is 0 Å². The van der Waals surface area contributed by atoms with Gasteiger partial charge in [0.15, 0.2) is 0 Å². The molecular formula is C15H19NO3. The molecule has 4 nitrogen and oxygen atoms in total. The zero-order chi connectivity index (χ0) is 13.2. The lowest BCUT2D eigenvalue weighted by atomic mass is 10.0. The average Bonchev–Trinajstić information content (AvgIpc) is 2.64. The second-order valence-corrected chi connectivity index (χ2v) is 5.52. The molecule has 3 rings (SSSR count). The summed E-state index contributed by atoms with van der Waals surface area (Å²) in [5.41, 5.74) is 0.976. The molecule has 2 aliphatic heterocycles. The summed E-state index contributed by atoms with van der Waals surface area (Å²) in [6.07, 6.45) is 2.29. The second kappa shape index (κ2) is 5.31. The van der Waals surface area contributed by atoms with Gasteiger partial charge in [0.05, 0.1) is 12.5 Å². The molecule has 2 heterocycles. The van der Waals surface area contributed by atoms with Crippen molar-refractivity contribution in [1.82, 2.24) is 5.32 Å². The third-order valence-electron chi connectivity index (χ3n) is 3.99. The number of aliphatic hydroxyl groups is 1. The number of fused-ring (bicyclic) bond motifs is 2. The van der Waals surface area contributed by atoms with Crippen LogP contribution in [-0.4, -0.2) is 35.4 Å². The summed E-state index contributed by atoms with van der Waals surface area (Å²) in [5.74, 6) is -0.174. The summed E-state index contributed by atoms with van der Waals surface area (Å²) in [4.78, 5) is 11.9. The van der Waals surface area contributed by atoms with Crippen molar-refractivity contribution in [3.63, 3.8) is 0 Å². The Hall–Kier alpha value is -1.39. The molecule has 4 heteroatoms. The van der Waals surface area contributed by atoms with E-state index in [0.29, 0.717) is 12.5 Å². The number of benzene rings is 1. The number of rotatable bonds is 3. The molecule has 2 bridgehead atoms. The van der Waals surface area contributed by atoms with Crippen molar-refractivity contribution >= 4 is 5.97 Å². The van der Waals surface area contributed by atoms with Gasteiger partial charge >= 0.3 is 5.97 Å². The highest BCUT2D eigenvalue weighted by atomic mass is 16.5. The zero-order valence-electron chi connectivity index (χ0n) is 10.8. The Balaban J connectivity index is 1.53. The molecule has 0 unspecified atom stereocenters. The van der Waals surface area contributed by atoms with Crippen molar-refractivity contribution in [2.24, 2.45) is 0 Å². The highest BCUT2D eigenvalue weighted by Gasteiger charge is 2.40. The summed E-state index contributed by atoms with van der Waals surface area (Å²) in [6.45, 7) is 0. The van der Waals surface area contributed by atoms with Gasteiger partial charge in [0.1, 0.15) is 6.10 Å². The predicted octanol–water partition coefficient (Wildman–Crippen LogP) is 1.03. The molecule has 0 spiro atoms. The monoisotopic (exact) mass is 261 g/mol. The van der Waals surface area contributed by atoms with Crippen molar-refractivity contribution in [2.45, 2.75) is 50.0 Å². The van der Waals surface area contributed by atoms with Crippen LogP contribution in [0.15, 0.2) is 30.3 Å². The lowest BCUT2D eigenvalue weighted by Crippen LogP contribution is -2.44. The molecule has 1 aromatic carbocycles. The molecule has 2 N–H and O–H groups in total. The van der Waals surface area contributed by atoms with Gasteiger partial charge in [-0.1, -0.05) is 30.3 Å². The fourth-order valence-electron chi connectivity index (χ4n) is 3.11. The Kier molecular flexibility index (Phi) is 3.53. The van der Waals surface area contributed by atoms with Crippen LogP contribution in [0.5, 0.6) is 0 Å². The maximum absolute atomic E-state index is 11.9. The van der Waals surface area contributed by atoms with Gasteiger partial charge in [-0.15, -0.1) is 0 Å². The van der Waals surface area contributed by atoms with Crippen LogP contribution in [0, 0.1) is 0 Å². The molecule has 2 fully saturated rings. The Labute approximate surface area is 112 Å². The summed E-state index contributed by atoms with van der Waals surface area (Å²) in [7, 11) is 0. The molecule has 102 valence electrons. The van der Waals surface area contributed by atoms with E-state index in [9.17, 15) is 9.90 Å².